The second-order valence-electron chi connectivity index (χ2n) is 26.7. The molecule has 42 heteroatoms. The number of hydrazine groups is 10. The maximum absolute atomic E-state index is 12.4. The van der Waals surface area contributed by atoms with Crippen molar-refractivity contribution in [2.24, 2.45) is 17.5 Å². The molecule has 624 valence electrons. The highest BCUT2D eigenvalue weighted by molar-refractivity contribution is 5.90. The molecule has 0 heterocycles. The molecule has 0 saturated carbocycles. The molecular formula is C63H140N20O22. The standard InChI is InChI=1S/C16H30N2O6.C11H22N2O4.2C6H14N2O2.2C5H12N2.2C4H10N2O2.2C3H8N2O2/c1-14(2,3)22-11(19)17(10)18(12(20)23-15(4,5)6)13(21)24-16(7,8)9;1-10(2,3)16-8(14)13(12-7)9(15)17-11(4,5)6;1-6(2,3)10-5(9)8(4)7;1-6(2,3)10-5(9)8-7-4;1-4-6-7(3)5-2;1-4-7(5-2)6-3;1-3-8-4(7)6(2)5;1-3-8-4(7)6-5-2;1-5(4)3(6)7-2;1-4-5-3(6)7-2/h1-10H3;12H,1-7H3;7H2,1-4H3;7H,1-4H3,(H,8,9);2*4,6H,1,5H2,2-3H3;3,5H2,1-2H3;5H,3H2,1-2H3,(H,6,7);4H2,1-2H3;4H,1-2H3,(H,5,6). The summed E-state index contributed by atoms with van der Waals surface area (Å²) in [7, 11) is 18.1. The molecule has 0 fully saturated rings. The normalized spacial score (nSPS) is 10.3. The lowest BCUT2D eigenvalue weighted by Crippen LogP contribution is -2.54. The molecule has 0 aliphatic carbocycles. The highest BCUT2D eigenvalue weighted by Crippen LogP contribution is 2.19. The number of nitrogens with one attached hydrogen (secondary N) is 9. The number of carbonyl (C=O) groups excluding carboxylic acids is 11. The van der Waals surface area contributed by atoms with Crippen LogP contribution in [0.3, 0.4) is 0 Å². The van der Waals surface area contributed by atoms with Crippen LogP contribution in [0, 0.1) is 0 Å². The van der Waals surface area contributed by atoms with Gasteiger partial charge in [-0.3, -0.25) is 16.3 Å². The van der Waals surface area contributed by atoms with E-state index >= 15 is 0 Å². The fraction of sp³-hybridized carbons (Fsp3) is 0.762. The fourth-order valence-electron chi connectivity index (χ4n) is 4.37. The number of ether oxygens (including phenoxy) is 11. The Morgan fingerprint density at radius 3 is 0.857 bits per heavy atom. The Balaban J connectivity index is -0.000000124. The number of amides is 11. The lowest BCUT2D eigenvalue weighted by Gasteiger charge is -2.33. The van der Waals surface area contributed by atoms with E-state index in [2.05, 4.69) is 94.8 Å². The monoisotopic (exact) mass is 1530 g/mol. The molecule has 0 rings (SSSR count). The van der Waals surface area contributed by atoms with Crippen LogP contribution in [0.1, 0.15) is 173 Å². The number of rotatable bonds is 12. The molecule has 0 aliphatic rings. The van der Waals surface area contributed by atoms with Crippen molar-refractivity contribution in [3.8, 4) is 0 Å². The lowest BCUT2D eigenvalue weighted by atomic mass is 10.2. The molecular weight excluding hydrogens is 1390 g/mol. The van der Waals surface area contributed by atoms with E-state index in [4.69, 9.17) is 50.7 Å². The lowest BCUT2D eigenvalue weighted by molar-refractivity contribution is -0.0610. The number of methoxy groups -OCH3 is 2. The van der Waals surface area contributed by atoms with Gasteiger partial charge >= 0.3 is 67.0 Å². The minimum Gasteiger partial charge on any atom is -0.452 e. The number of nitrogens with two attached hydrogens (primary N) is 3. The molecule has 42 nitrogen and oxygen atoms in total. The summed E-state index contributed by atoms with van der Waals surface area (Å²) in [6.07, 6.45) is -4.12. The van der Waals surface area contributed by atoms with E-state index in [1.54, 1.807) is 172 Å². The molecule has 0 saturated heterocycles. The van der Waals surface area contributed by atoms with Crippen LogP contribution in [-0.2, 0) is 52.1 Å². The van der Waals surface area contributed by atoms with Gasteiger partial charge in [-0.1, -0.05) is 20.1 Å². The van der Waals surface area contributed by atoms with E-state index in [0.29, 0.717) is 23.2 Å². The predicted octanol–water partition coefficient (Wildman–Crippen LogP) is 7.63. The number of nitrogens with zero attached hydrogens (tertiary/aromatic N) is 8. The van der Waals surface area contributed by atoms with E-state index in [-0.39, 0.29) is 0 Å². The van der Waals surface area contributed by atoms with Crippen LogP contribution in [-0.4, -0.2) is 257 Å². The average Bonchev–Trinajstić information content (AvgIpc) is 0.831. The van der Waals surface area contributed by atoms with Crippen LogP contribution in [0.25, 0.3) is 0 Å². The Hall–Kier alpha value is -8.91. The van der Waals surface area contributed by atoms with Gasteiger partial charge in [-0.2, -0.15) is 0 Å². The zero-order valence-corrected chi connectivity index (χ0v) is 70.2. The first-order valence-corrected chi connectivity index (χ1v) is 32.3. The molecule has 0 spiro atoms. The Kier molecular flexibility index (Phi) is 69.7. The van der Waals surface area contributed by atoms with E-state index in [0.717, 1.165) is 33.1 Å². The van der Waals surface area contributed by atoms with Crippen molar-refractivity contribution in [3.63, 3.8) is 0 Å². The fourth-order valence-corrected chi connectivity index (χ4v) is 4.37. The zero-order chi connectivity index (χ0) is 85.9. The third-order valence-electron chi connectivity index (χ3n) is 8.34. The first kappa shape index (κ1) is 117. The first-order valence-electron chi connectivity index (χ1n) is 32.3. The summed E-state index contributed by atoms with van der Waals surface area (Å²) in [5.41, 5.74) is 17.5. The molecule has 0 aromatic rings. The smallest absolute Gasteiger partial charge is 0.439 e. The number of imide groups is 2. The molecule has 0 aromatic heterocycles. The molecule has 0 atom stereocenters. The SMILES string of the molecule is C=CN(CC)NC.C=CNN(C)CC.CCOC(=O)N(C)N.CCOC(=O)NNC.CN(C(=O)OC(C)(C)C)N(C(=O)OC(C)(C)C)C(=O)OC(C)(C)C.CN(N)C(=O)OC(C)(C)C.CNN(C(=O)OC(C)(C)C)C(=O)OC(C)(C)C.CNNC(=O)OC.CNNC(=O)OC(C)(C)C.COC(=O)N(C)N. The van der Waals surface area contributed by atoms with Gasteiger partial charge in [0.15, 0.2) is 0 Å². The molecule has 11 amide bonds. The number of carbonyl (C=O) groups is 11. The summed E-state index contributed by atoms with van der Waals surface area (Å²) in [6.45, 7) is 53.3. The van der Waals surface area contributed by atoms with Crippen LogP contribution >= 0.6 is 0 Å². The maximum atomic E-state index is 12.4. The average molecular weight is 1530 g/mol. The summed E-state index contributed by atoms with van der Waals surface area (Å²) >= 11 is 0. The van der Waals surface area contributed by atoms with Gasteiger partial charge in [-0.15, -0.1) is 10.0 Å². The highest BCUT2D eigenvalue weighted by Gasteiger charge is 2.38. The first-order chi connectivity index (χ1) is 47.3. The van der Waals surface area contributed by atoms with Gasteiger partial charge in [0.2, 0.25) is 0 Å². The quantitative estimate of drug-likeness (QED) is 0.0386. The summed E-state index contributed by atoms with van der Waals surface area (Å²) in [5, 5.41) is 8.39. The highest BCUT2D eigenvalue weighted by atomic mass is 16.6. The van der Waals surface area contributed by atoms with Gasteiger partial charge < -0.3 is 62.5 Å². The third-order valence-corrected chi connectivity index (χ3v) is 8.34. The molecule has 15 N–H and O–H groups in total. The van der Waals surface area contributed by atoms with E-state index in [9.17, 15) is 52.7 Å². The van der Waals surface area contributed by atoms with Crippen molar-refractivity contribution in [1.82, 2.24) is 88.9 Å². The largest absolute Gasteiger partial charge is 0.452 e. The van der Waals surface area contributed by atoms with Gasteiger partial charge in [0.05, 0.1) is 27.4 Å². The topological polar surface area (TPSA) is 502 Å². The summed E-state index contributed by atoms with van der Waals surface area (Å²) in [6, 6.07) is 0. The van der Waals surface area contributed by atoms with Gasteiger partial charge in [0.25, 0.3) is 0 Å². The Labute approximate surface area is 625 Å². The zero-order valence-electron chi connectivity index (χ0n) is 70.2. The molecule has 105 heavy (non-hydrogen) atoms. The van der Waals surface area contributed by atoms with E-state index in [1.807, 2.05) is 44.9 Å². The summed E-state index contributed by atoms with van der Waals surface area (Å²) in [5.74, 6) is 15.0. The molecule has 0 aliphatic heterocycles. The van der Waals surface area contributed by atoms with Gasteiger partial charge in [0.1, 0.15) is 39.2 Å². The second-order valence-corrected chi connectivity index (χ2v) is 26.7. The van der Waals surface area contributed by atoms with Gasteiger partial charge in [-0.05, 0) is 166 Å². The minimum absolute atomic E-state index is 0.361. The van der Waals surface area contributed by atoms with Gasteiger partial charge in [0, 0.05) is 96.0 Å². The van der Waals surface area contributed by atoms with Crippen molar-refractivity contribution < 1.29 is 105 Å². The molecule has 0 unspecified atom stereocenters. The predicted molar refractivity (Wildman–Crippen MR) is 399 cm³/mol. The summed E-state index contributed by atoms with van der Waals surface area (Å²) in [4.78, 5) is 122. The van der Waals surface area contributed by atoms with Crippen molar-refractivity contribution in [2.75, 3.05) is 111 Å². The number of hydrogen-bond acceptors (Lipinski definition) is 33. The van der Waals surface area contributed by atoms with E-state index in [1.165, 1.54) is 49.5 Å². The number of hydrogen-bond donors (Lipinski definition) is 12. The van der Waals surface area contributed by atoms with Crippen LogP contribution < -0.4 is 66.4 Å². The minimum atomic E-state index is -1.04. The van der Waals surface area contributed by atoms with Crippen molar-refractivity contribution in [3.05, 3.63) is 25.6 Å². The molecule has 0 aromatic carbocycles. The van der Waals surface area contributed by atoms with Gasteiger partial charge in [-0.25, -0.2) is 122 Å². The second kappa shape index (κ2) is 62.5. The molecule has 0 radical (unpaired) electrons. The Morgan fingerprint density at radius 1 is 0.371 bits per heavy atom. The summed E-state index contributed by atoms with van der Waals surface area (Å²) < 4.78 is 52.6. The van der Waals surface area contributed by atoms with Crippen molar-refractivity contribution in [1.29, 1.82) is 0 Å². The van der Waals surface area contributed by atoms with Crippen LogP contribution in [0.5, 0.6) is 0 Å². The molecule has 0 bridgehead atoms. The Bertz CT molecular complexity index is 2330. The van der Waals surface area contributed by atoms with Crippen molar-refractivity contribution in [2.45, 2.75) is 212 Å². The third kappa shape index (κ3) is 93.1. The van der Waals surface area contributed by atoms with Crippen LogP contribution in [0.4, 0.5) is 52.7 Å². The van der Waals surface area contributed by atoms with Crippen molar-refractivity contribution >= 4 is 67.0 Å². The maximum Gasteiger partial charge on any atom is 0.439 e. The van der Waals surface area contributed by atoms with Crippen LogP contribution in [0.2, 0.25) is 0 Å². The Morgan fingerprint density at radius 2 is 0.676 bits per heavy atom. The van der Waals surface area contributed by atoms with Crippen LogP contribution in [0.15, 0.2) is 25.6 Å². The van der Waals surface area contributed by atoms with E-state index < -0.39 is 106 Å².